The monoisotopic (exact) mass is 275 g/mol. The van der Waals surface area contributed by atoms with Crippen LogP contribution in [0, 0.1) is 0 Å². The number of nitrogens with two attached hydrogens (primary N) is 1. The minimum atomic E-state index is -1.04. The van der Waals surface area contributed by atoms with Crippen LogP contribution in [-0.4, -0.2) is 26.5 Å². The van der Waals surface area contributed by atoms with Crippen molar-refractivity contribution in [3.8, 4) is 0 Å². The predicted molar refractivity (Wildman–Crippen MR) is 74.6 cm³/mol. The van der Waals surface area contributed by atoms with E-state index in [1.165, 1.54) is 6.07 Å². The number of primary amides is 1. The summed E-state index contributed by atoms with van der Waals surface area (Å²) in [5.41, 5.74) is 6.06. The zero-order chi connectivity index (χ0) is 15.1. The summed E-state index contributed by atoms with van der Waals surface area (Å²) in [4.78, 5) is 27.0. The van der Waals surface area contributed by atoms with Crippen molar-refractivity contribution in [2.24, 2.45) is 5.73 Å². The number of aromatic nitrogens is 2. The van der Waals surface area contributed by atoms with Gasteiger partial charge in [-0.1, -0.05) is 26.8 Å². The highest BCUT2D eigenvalue weighted by Crippen LogP contribution is 2.28. The highest BCUT2D eigenvalue weighted by Gasteiger charge is 2.25. The van der Waals surface area contributed by atoms with E-state index in [1.54, 1.807) is 16.7 Å². The lowest BCUT2D eigenvalue weighted by Crippen LogP contribution is -2.25. The van der Waals surface area contributed by atoms with Crippen LogP contribution in [0.25, 0.3) is 11.0 Å². The van der Waals surface area contributed by atoms with E-state index in [0.717, 1.165) is 0 Å². The lowest BCUT2D eigenvalue weighted by molar-refractivity contribution is -0.118. The lowest BCUT2D eigenvalue weighted by atomic mass is 9.95. The SMILES string of the molecule is CC(C)(C)c1nc2c(C(=O)O)cccc2n1CC(N)=O. The van der Waals surface area contributed by atoms with Crippen molar-refractivity contribution in [3.63, 3.8) is 0 Å². The van der Waals surface area contributed by atoms with E-state index in [2.05, 4.69) is 4.98 Å². The average molecular weight is 275 g/mol. The van der Waals surface area contributed by atoms with Crippen molar-refractivity contribution < 1.29 is 14.7 Å². The Morgan fingerprint density at radius 1 is 1.35 bits per heavy atom. The summed E-state index contributed by atoms with van der Waals surface area (Å²) in [6, 6.07) is 4.88. The number of para-hydroxylation sites is 1. The van der Waals surface area contributed by atoms with Crippen LogP contribution < -0.4 is 5.73 Å². The Balaban J connectivity index is 2.82. The van der Waals surface area contributed by atoms with Gasteiger partial charge in [-0.05, 0) is 12.1 Å². The van der Waals surface area contributed by atoms with E-state index >= 15 is 0 Å². The highest BCUT2D eigenvalue weighted by atomic mass is 16.4. The van der Waals surface area contributed by atoms with Crippen molar-refractivity contribution in [1.82, 2.24) is 9.55 Å². The molecule has 0 fully saturated rings. The van der Waals surface area contributed by atoms with Crippen molar-refractivity contribution >= 4 is 22.9 Å². The number of carboxylic acids is 1. The van der Waals surface area contributed by atoms with Crippen LogP contribution in [0.15, 0.2) is 18.2 Å². The third-order valence-electron chi connectivity index (χ3n) is 2.99. The first-order chi connectivity index (χ1) is 9.21. The zero-order valence-corrected chi connectivity index (χ0v) is 11.7. The fraction of sp³-hybridized carbons (Fsp3) is 0.357. The van der Waals surface area contributed by atoms with Gasteiger partial charge in [-0.2, -0.15) is 0 Å². The van der Waals surface area contributed by atoms with Crippen LogP contribution in [0.1, 0.15) is 37.0 Å². The number of carboxylic acid groups (broad SMARTS) is 1. The summed E-state index contributed by atoms with van der Waals surface area (Å²) in [6.07, 6.45) is 0. The molecule has 0 aliphatic heterocycles. The smallest absolute Gasteiger partial charge is 0.337 e. The molecule has 106 valence electrons. The van der Waals surface area contributed by atoms with Crippen LogP contribution in [0.4, 0.5) is 0 Å². The van der Waals surface area contributed by atoms with Crippen LogP contribution in [-0.2, 0) is 16.8 Å². The van der Waals surface area contributed by atoms with Gasteiger partial charge >= 0.3 is 5.97 Å². The van der Waals surface area contributed by atoms with Gasteiger partial charge < -0.3 is 15.4 Å². The normalized spacial score (nSPS) is 11.8. The number of carbonyl (C=O) groups excluding carboxylic acids is 1. The molecule has 0 radical (unpaired) electrons. The molecule has 6 nitrogen and oxygen atoms in total. The molecule has 0 saturated heterocycles. The van der Waals surface area contributed by atoms with E-state index in [9.17, 15) is 14.7 Å². The van der Waals surface area contributed by atoms with Crippen molar-refractivity contribution in [2.45, 2.75) is 32.7 Å². The van der Waals surface area contributed by atoms with Gasteiger partial charge in [0, 0.05) is 5.41 Å². The standard InChI is InChI=1S/C14H17N3O3/c1-14(2,3)13-16-11-8(12(19)20)5-4-6-9(11)17(13)7-10(15)18/h4-6H,7H2,1-3H3,(H2,15,18)(H,19,20). The summed E-state index contributed by atoms with van der Waals surface area (Å²) in [7, 11) is 0. The molecule has 1 heterocycles. The van der Waals surface area contributed by atoms with Crippen molar-refractivity contribution in [3.05, 3.63) is 29.6 Å². The van der Waals surface area contributed by atoms with E-state index in [0.29, 0.717) is 16.9 Å². The molecule has 0 spiro atoms. The van der Waals surface area contributed by atoms with Gasteiger partial charge in [0.15, 0.2) is 0 Å². The quantitative estimate of drug-likeness (QED) is 0.887. The Kier molecular flexibility index (Phi) is 3.25. The maximum absolute atomic E-state index is 11.3. The number of carbonyl (C=O) groups is 2. The number of rotatable bonds is 3. The molecule has 0 saturated carbocycles. The Labute approximate surface area is 116 Å². The largest absolute Gasteiger partial charge is 0.478 e. The minimum Gasteiger partial charge on any atom is -0.478 e. The van der Waals surface area contributed by atoms with Gasteiger partial charge in [0.05, 0.1) is 11.1 Å². The molecule has 20 heavy (non-hydrogen) atoms. The molecule has 1 aromatic carbocycles. The van der Waals surface area contributed by atoms with Crippen molar-refractivity contribution in [2.75, 3.05) is 0 Å². The van der Waals surface area contributed by atoms with Crippen molar-refractivity contribution in [1.29, 1.82) is 0 Å². The second-order valence-electron chi connectivity index (χ2n) is 5.72. The topological polar surface area (TPSA) is 98.2 Å². The first-order valence-corrected chi connectivity index (χ1v) is 6.23. The molecular formula is C14H17N3O3. The third kappa shape index (κ3) is 2.36. The maximum atomic E-state index is 11.3. The minimum absolute atomic E-state index is 0.0217. The van der Waals surface area contributed by atoms with Gasteiger partial charge in [0.25, 0.3) is 0 Å². The Hall–Kier alpha value is -2.37. The molecule has 1 aromatic heterocycles. The molecule has 1 amide bonds. The summed E-state index contributed by atoms with van der Waals surface area (Å²) in [6.45, 7) is 5.83. The molecule has 2 aromatic rings. The number of nitrogens with zero attached hydrogens (tertiary/aromatic N) is 2. The number of aromatic carboxylic acids is 1. The van der Waals surface area contributed by atoms with E-state index < -0.39 is 11.9 Å². The van der Waals surface area contributed by atoms with Crippen LogP contribution in [0.2, 0.25) is 0 Å². The van der Waals surface area contributed by atoms with Gasteiger partial charge in [0.1, 0.15) is 17.9 Å². The van der Waals surface area contributed by atoms with E-state index in [-0.39, 0.29) is 17.5 Å². The Bertz CT molecular complexity index is 695. The second kappa shape index (κ2) is 4.63. The fourth-order valence-corrected chi connectivity index (χ4v) is 2.21. The average Bonchev–Trinajstić information content (AvgIpc) is 2.67. The first-order valence-electron chi connectivity index (χ1n) is 6.23. The first kappa shape index (κ1) is 14.0. The maximum Gasteiger partial charge on any atom is 0.337 e. The third-order valence-corrected chi connectivity index (χ3v) is 2.99. The predicted octanol–water partition coefficient (Wildman–Crippen LogP) is 1.52. The number of benzene rings is 1. The van der Waals surface area contributed by atoms with Crippen LogP contribution in [0.5, 0.6) is 0 Å². The molecule has 0 atom stereocenters. The number of hydrogen-bond donors (Lipinski definition) is 2. The molecule has 3 N–H and O–H groups in total. The molecule has 2 rings (SSSR count). The summed E-state index contributed by atoms with van der Waals surface area (Å²) in [5, 5.41) is 9.23. The van der Waals surface area contributed by atoms with Crippen LogP contribution in [0.3, 0.4) is 0 Å². The van der Waals surface area contributed by atoms with Gasteiger partial charge in [-0.15, -0.1) is 0 Å². The van der Waals surface area contributed by atoms with Crippen LogP contribution >= 0.6 is 0 Å². The van der Waals surface area contributed by atoms with Gasteiger partial charge in [-0.3, -0.25) is 4.79 Å². The zero-order valence-electron chi connectivity index (χ0n) is 11.7. The number of amides is 1. The number of fused-ring (bicyclic) bond motifs is 1. The molecular weight excluding hydrogens is 258 g/mol. The van der Waals surface area contributed by atoms with E-state index in [4.69, 9.17) is 5.73 Å². The number of hydrogen-bond acceptors (Lipinski definition) is 3. The summed E-state index contributed by atoms with van der Waals surface area (Å²) >= 11 is 0. The molecule has 0 aliphatic rings. The second-order valence-corrected chi connectivity index (χ2v) is 5.72. The fourth-order valence-electron chi connectivity index (χ4n) is 2.21. The Morgan fingerprint density at radius 3 is 2.50 bits per heavy atom. The summed E-state index contributed by atoms with van der Waals surface area (Å²) < 4.78 is 1.68. The van der Waals surface area contributed by atoms with E-state index in [1.807, 2.05) is 20.8 Å². The Morgan fingerprint density at radius 2 is 2.00 bits per heavy atom. The molecule has 0 unspecified atom stereocenters. The highest BCUT2D eigenvalue weighted by molar-refractivity contribution is 6.01. The summed E-state index contributed by atoms with van der Waals surface area (Å²) in [5.74, 6) is -0.893. The van der Waals surface area contributed by atoms with Gasteiger partial charge in [-0.25, -0.2) is 9.78 Å². The number of imidazole rings is 1. The molecule has 0 bridgehead atoms. The lowest BCUT2D eigenvalue weighted by Gasteiger charge is -2.19. The molecule has 6 heteroatoms. The van der Waals surface area contributed by atoms with Gasteiger partial charge in [0.2, 0.25) is 5.91 Å². The molecule has 0 aliphatic carbocycles.